The number of nitrogens with zero attached hydrogens (tertiary/aromatic N) is 4. The summed E-state index contributed by atoms with van der Waals surface area (Å²) in [6.45, 7) is 1.80. The van der Waals surface area contributed by atoms with Crippen molar-refractivity contribution in [2.24, 2.45) is 7.05 Å². The van der Waals surface area contributed by atoms with Gasteiger partial charge in [-0.25, -0.2) is 0 Å². The second-order valence-electron chi connectivity index (χ2n) is 6.04. The average Bonchev–Trinajstić information content (AvgIpc) is 3.08. The van der Waals surface area contributed by atoms with E-state index in [1.807, 2.05) is 35.9 Å². The topological polar surface area (TPSA) is 92.8 Å². The minimum Gasteiger partial charge on any atom is -0.497 e. The Bertz CT molecular complexity index is 1020. The maximum absolute atomic E-state index is 12.5. The summed E-state index contributed by atoms with van der Waals surface area (Å²) in [4.78, 5) is 12.5. The quantitative estimate of drug-likeness (QED) is 0.645. The third-order valence-corrected chi connectivity index (χ3v) is 5.23. The highest BCUT2D eigenvalue weighted by Gasteiger charge is 2.19. The number of hydrogen-bond acceptors (Lipinski definition) is 6. The van der Waals surface area contributed by atoms with E-state index in [9.17, 15) is 4.79 Å². The third-order valence-electron chi connectivity index (χ3n) is 4.09. The zero-order valence-electron chi connectivity index (χ0n) is 15.7. The number of nitriles is 1. The lowest BCUT2D eigenvalue weighted by atomic mass is 10.2. The van der Waals surface area contributed by atoms with Crippen molar-refractivity contribution >= 4 is 23.4 Å². The predicted octanol–water partition coefficient (Wildman–Crippen LogP) is 3.48. The number of thioether (sulfide) groups is 1. The van der Waals surface area contributed by atoms with E-state index in [4.69, 9.17) is 10.00 Å². The second-order valence-corrected chi connectivity index (χ2v) is 7.34. The van der Waals surface area contributed by atoms with Gasteiger partial charge in [0, 0.05) is 18.3 Å². The summed E-state index contributed by atoms with van der Waals surface area (Å²) in [7, 11) is 3.48. The number of rotatable bonds is 6. The molecule has 0 aliphatic carbocycles. The molecule has 1 aromatic heterocycles. The van der Waals surface area contributed by atoms with Crippen LogP contribution in [0.25, 0.3) is 11.4 Å². The smallest absolute Gasteiger partial charge is 0.237 e. The Hall–Kier alpha value is -3.31. The Morgan fingerprint density at radius 3 is 2.68 bits per heavy atom. The van der Waals surface area contributed by atoms with Gasteiger partial charge in [-0.1, -0.05) is 17.8 Å². The van der Waals surface area contributed by atoms with Crippen LogP contribution in [0.5, 0.6) is 5.75 Å². The van der Waals surface area contributed by atoms with Crippen molar-refractivity contribution in [1.29, 1.82) is 5.26 Å². The molecular weight excluding hydrogens is 374 g/mol. The van der Waals surface area contributed by atoms with Crippen molar-refractivity contribution in [1.82, 2.24) is 14.8 Å². The van der Waals surface area contributed by atoms with Crippen LogP contribution in [0, 0.1) is 11.3 Å². The van der Waals surface area contributed by atoms with Gasteiger partial charge in [-0.05, 0) is 49.4 Å². The van der Waals surface area contributed by atoms with Crippen LogP contribution in [-0.2, 0) is 11.8 Å². The van der Waals surface area contributed by atoms with Gasteiger partial charge >= 0.3 is 0 Å². The molecule has 1 N–H and O–H groups in total. The second kappa shape index (κ2) is 8.59. The Labute approximate surface area is 167 Å². The highest BCUT2D eigenvalue weighted by Crippen LogP contribution is 2.27. The van der Waals surface area contributed by atoms with Gasteiger partial charge < -0.3 is 14.6 Å². The van der Waals surface area contributed by atoms with E-state index in [0.29, 0.717) is 22.2 Å². The Kier molecular flexibility index (Phi) is 5.96. The van der Waals surface area contributed by atoms with Crippen LogP contribution in [0.4, 0.5) is 5.69 Å². The molecule has 0 fully saturated rings. The summed E-state index contributed by atoms with van der Waals surface area (Å²) in [5.41, 5.74) is 2.00. The first-order valence-electron chi connectivity index (χ1n) is 8.53. The fraction of sp³-hybridized carbons (Fsp3) is 0.200. The van der Waals surface area contributed by atoms with Gasteiger partial charge in [0.05, 0.1) is 24.0 Å². The summed E-state index contributed by atoms with van der Waals surface area (Å²) in [6, 6.07) is 16.4. The van der Waals surface area contributed by atoms with Gasteiger partial charge in [0.25, 0.3) is 0 Å². The van der Waals surface area contributed by atoms with E-state index in [2.05, 4.69) is 21.6 Å². The van der Waals surface area contributed by atoms with Gasteiger partial charge in [-0.15, -0.1) is 10.2 Å². The first-order valence-corrected chi connectivity index (χ1v) is 9.41. The monoisotopic (exact) mass is 393 g/mol. The fourth-order valence-corrected chi connectivity index (χ4v) is 3.35. The molecular formula is C20H19N5O2S. The van der Waals surface area contributed by atoms with E-state index in [-0.39, 0.29) is 5.91 Å². The Balaban J connectivity index is 1.70. The van der Waals surface area contributed by atoms with E-state index in [0.717, 1.165) is 11.3 Å². The summed E-state index contributed by atoms with van der Waals surface area (Å²) in [5.74, 6) is 1.31. The molecule has 3 aromatic rings. The third kappa shape index (κ3) is 4.32. The fourth-order valence-electron chi connectivity index (χ4n) is 2.53. The van der Waals surface area contributed by atoms with Crippen LogP contribution >= 0.6 is 11.8 Å². The van der Waals surface area contributed by atoms with Crippen LogP contribution in [0.15, 0.2) is 53.7 Å². The molecule has 3 rings (SSSR count). The Morgan fingerprint density at radius 1 is 1.25 bits per heavy atom. The number of aromatic nitrogens is 3. The summed E-state index contributed by atoms with van der Waals surface area (Å²) in [6.07, 6.45) is 0. The molecule has 1 amide bonds. The number of carbonyl (C=O) groups is 1. The highest BCUT2D eigenvalue weighted by molar-refractivity contribution is 8.00. The van der Waals surface area contributed by atoms with E-state index < -0.39 is 5.25 Å². The van der Waals surface area contributed by atoms with E-state index >= 15 is 0 Å². The zero-order valence-corrected chi connectivity index (χ0v) is 16.5. The van der Waals surface area contributed by atoms with Crippen molar-refractivity contribution in [2.75, 3.05) is 12.4 Å². The number of amides is 1. The number of anilines is 1. The molecule has 0 aliphatic heterocycles. The van der Waals surface area contributed by atoms with Gasteiger partial charge in [0.2, 0.25) is 5.91 Å². The normalized spacial score (nSPS) is 11.5. The molecule has 0 radical (unpaired) electrons. The molecule has 0 bridgehead atoms. The molecule has 1 unspecified atom stereocenters. The van der Waals surface area contributed by atoms with Crippen molar-refractivity contribution in [3.8, 4) is 23.2 Å². The molecule has 0 saturated heterocycles. The number of carbonyl (C=O) groups excluding carboxylic acids is 1. The number of hydrogen-bond donors (Lipinski definition) is 1. The number of methoxy groups -OCH3 is 1. The molecule has 7 nitrogen and oxygen atoms in total. The molecule has 0 spiro atoms. The van der Waals surface area contributed by atoms with Crippen LogP contribution in [0.1, 0.15) is 12.5 Å². The average molecular weight is 393 g/mol. The van der Waals surface area contributed by atoms with Crippen molar-refractivity contribution < 1.29 is 9.53 Å². The van der Waals surface area contributed by atoms with Gasteiger partial charge in [0.15, 0.2) is 11.0 Å². The van der Waals surface area contributed by atoms with E-state index in [1.54, 1.807) is 38.3 Å². The molecule has 2 aromatic carbocycles. The summed E-state index contributed by atoms with van der Waals surface area (Å²) in [5, 5.41) is 20.5. The number of nitrogens with one attached hydrogen (secondary N) is 1. The predicted molar refractivity (Wildman–Crippen MR) is 108 cm³/mol. The van der Waals surface area contributed by atoms with Gasteiger partial charge in [-0.2, -0.15) is 5.26 Å². The minimum absolute atomic E-state index is 0.172. The lowest BCUT2D eigenvalue weighted by Crippen LogP contribution is -2.22. The minimum atomic E-state index is -0.391. The SMILES string of the molecule is COc1ccc(-c2nnc(SC(C)C(=O)Nc3cccc(C#N)c3)n2C)cc1. The molecule has 0 saturated carbocycles. The maximum atomic E-state index is 12.5. The van der Waals surface area contributed by atoms with Crippen LogP contribution < -0.4 is 10.1 Å². The zero-order chi connectivity index (χ0) is 20.1. The number of ether oxygens (including phenoxy) is 1. The molecule has 8 heteroatoms. The van der Waals surface area contributed by atoms with Crippen molar-refractivity contribution in [3.05, 3.63) is 54.1 Å². The summed E-state index contributed by atoms with van der Waals surface area (Å²) < 4.78 is 7.03. The molecule has 1 atom stereocenters. The maximum Gasteiger partial charge on any atom is 0.237 e. The van der Waals surface area contributed by atoms with Crippen LogP contribution in [0.2, 0.25) is 0 Å². The molecule has 28 heavy (non-hydrogen) atoms. The molecule has 142 valence electrons. The van der Waals surface area contributed by atoms with Gasteiger partial charge in [0.1, 0.15) is 5.75 Å². The van der Waals surface area contributed by atoms with Gasteiger partial charge in [-0.3, -0.25) is 4.79 Å². The first kappa shape index (κ1) is 19.5. The lowest BCUT2D eigenvalue weighted by molar-refractivity contribution is -0.115. The van der Waals surface area contributed by atoms with Crippen LogP contribution in [0.3, 0.4) is 0 Å². The van der Waals surface area contributed by atoms with Crippen molar-refractivity contribution in [2.45, 2.75) is 17.3 Å². The Morgan fingerprint density at radius 2 is 2.00 bits per heavy atom. The lowest BCUT2D eigenvalue weighted by Gasteiger charge is -2.12. The standard InChI is InChI=1S/C20H19N5O2S/c1-13(19(26)22-16-6-4-5-14(11-16)12-21)28-20-24-23-18(25(20)2)15-7-9-17(27-3)10-8-15/h4-11,13H,1-3H3,(H,22,26). The molecule has 1 heterocycles. The number of benzene rings is 2. The largest absolute Gasteiger partial charge is 0.497 e. The first-order chi connectivity index (χ1) is 13.5. The van der Waals surface area contributed by atoms with Crippen molar-refractivity contribution in [3.63, 3.8) is 0 Å². The summed E-state index contributed by atoms with van der Waals surface area (Å²) >= 11 is 1.32. The highest BCUT2D eigenvalue weighted by atomic mass is 32.2. The van der Waals surface area contributed by atoms with E-state index in [1.165, 1.54) is 11.8 Å². The van der Waals surface area contributed by atoms with Crippen LogP contribution in [-0.4, -0.2) is 33.0 Å². The molecule has 0 aliphatic rings.